The third-order valence-electron chi connectivity index (χ3n) is 6.00. The van der Waals surface area contributed by atoms with Gasteiger partial charge in [-0.1, -0.05) is 13.8 Å². The molecule has 158 valence electrons. The van der Waals surface area contributed by atoms with Crippen LogP contribution in [0.4, 0.5) is 5.69 Å². The van der Waals surface area contributed by atoms with Crippen molar-refractivity contribution < 1.29 is 9.47 Å². The average Bonchev–Trinajstić information content (AvgIpc) is 3.42. The largest absolute Gasteiger partial charge is 0.497 e. The van der Waals surface area contributed by atoms with Gasteiger partial charge in [-0.05, 0) is 53.5 Å². The van der Waals surface area contributed by atoms with E-state index in [9.17, 15) is 0 Å². The zero-order valence-corrected chi connectivity index (χ0v) is 17.7. The molecule has 1 aromatic carbocycles. The minimum Gasteiger partial charge on any atom is -0.497 e. The fraction of sp³-hybridized carbons (Fsp3) is 0.667. The van der Waals surface area contributed by atoms with Crippen molar-refractivity contribution >= 4 is 5.69 Å². The highest BCUT2D eigenvalue weighted by Crippen LogP contribution is 2.30. The molecule has 2 aromatic rings. The second-order valence-corrected chi connectivity index (χ2v) is 8.26. The summed E-state index contributed by atoms with van der Waals surface area (Å²) in [6, 6.07) is 8.53. The van der Waals surface area contributed by atoms with E-state index < -0.39 is 0 Å². The number of methoxy groups -OCH3 is 1. The summed E-state index contributed by atoms with van der Waals surface area (Å²) in [5.41, 5.74) is 1.25. The number of nitrogens with zero attached hydrogens (tertiary/aromatic N) is 6. The SMILES string of the molecule is COc1ccc(N2CCN(C(c3nnnn3CC3CCCO3)C(C)C)CC2)cc1. The van der Waals surface area contributed by atoms with E-state index in [0.717, 1.165) is 63.7 Å². The first-order chi connectivity index (χ1) is 14.2. The van der Waals surface area contributed by atoms with E-state index >= 15 is 0 Å². The minimum atomic E-state index is 0.212. The second-order valence-electron chi connectivity index (χ2n) is 8.26. The van der Waals surface area contributed by atoms with Gasteiger partial charge in [0.1, 0.15) is 5.75 Å². The summed E-state index contributed by atoms with van der Waals surface area (Å²) >= 11 is 0. The molecule has 29 heavy (non-hydrogen) atoms. The summed E-state index contributed by atoms with van der Waals surface area (Å²) in [6.07, 6.45) is 2.45. The number of anilines is 1. The minimum absolute atomic E-state index is 0.212. The van der Waals surface area contributed by atoms with Crippen molar-refractivity contribution in [3.63, 3.8) is 0 Å². The first kappa shape index (κ1) is 20.1. The molecule has 0 radical (unpaired) electrons. The van der Waals surface area contributed by atoms with E-state index in [0.29, 0.717) is 5.92 Å². The van der Waals surface area contributed by atoms with Crippen LogP contribution in [0.25, 0.3) is 0 Å². The van der Waals surface area contributed by atoms with Crippen molar-refractivity contribution in [1.82, 2.24) is 25.1 Å². The summed E-state index contributed by atoms with van der Waals surface area (Å²) in [5, 5.41) is 12.7. The first-order valence-electron chi connectivity index (χ1n) is 10.7. The molecule has 0 aliphatic carbocycles. The Hall–Kier alpha value is -2.19. The van der Waals surface area contributed by atoms with Gasteiger partial charge in [0.05, 0.1) is 25.8 Å². The zero-order chi connectivity index (χ0) is 20.2. The molecule has 0 spiro atoms. The first-order valence-corrected chi connectivity index (χ1v) is 10.7. The molecule has 2 atom stereocenters. The van der Waals surface area contributed by atoms with Crippen LogP contribution in [0, 0.1) is 5.92 Å². The Morgan fingerprint density at radius 2 is 1.90 bits per heavy atom. The predicted molar refractivity (Wildman–Crippen MR) is 111 cm³/mol. The van der Waals surface area contributed by atoms with Gasteiger partial charge in [0, 0.05) is 38.5 Å². The van der Waals surface area contributed by atoms with Crippen LogP contribution >= 0.6 is 0 Å². The van der Waals surface area contributed by atoms with Gasteiger partial charge < -0.3 is 14.4 Å². The Kier molecular flexibility index (Phi) is 6.30. The number of hydrogen-bond acceptors (Lipinski definition) is 7. The maximum atomic E-state index is 5.80. The van der Waals surface area contributed by atoms with Gasteiger partial charge in [0.25, 0.3) is 0 Å². The third kappa shape index (κ3) is 4.53. The Balaban J connectivity index is 1.43. The maximum Gasteiger partial charge on any atom is 0.168 e. The summed E-state index contributed by atoms with van der Waals surface area (Å²) in [6.45, 7) is 10.1. The lowest BCUT2D eigenvalue weighted by atomic mass is 10.0. The number of rotatable bonds is 7. The van der Waals surface area contributed by atoms with Gasteiger partial charge in [-0.15, -0.1) is 5.10 Å². The normalized spacial score (nSPS) is 21.7. The number of tetrazole rings is 1. The van der Waals surface area contributed by atoms with Gasteiger partial charge in [0.15, 0.2) is 5.82 Å². The van der Waals surface area contributed by atoms with Crippen molar-refractivity contribution in [3.8, 4) is 5.75 Å². The quantitative estimate of drug-likeness (QED) is 0.707. The molecule has 2 aliphatic heterocycles. The number of hydrogen-bond donors (Lipinski definition) is 0. The highest BCUT2D eigenvalue weighted by atomic mass is 16.5. The number of aromatic nitrogens is 4. The number of piperazine rings is 1. The van der Waals surface area contributed by atoms with Crippen LogP contribution in [0.15, 0.2) is 24.3 Å². The van der Waals surface area contributed by atoms with E-state index in [2.05, 4.69) is 51.3 Å². The van der Waals surface area contributed by atoms with E-state index in [4.69, 9.17) is 9.47 Å². The average molecular weight is 401 g/mol. The lowest BCUT2D eigenvalue weighted by molar-refractivity contribution is 0.0865. The molecule has 3 heterocycles. The summed E-state index contributed by atoms with van der Waals surface area (Å²) in [7, 11) is 1.70. The van der Waals surface area contributed by atoms with Gasteiger partial charge in [-0.25, -0.2) is 4.68 Å². The molecule has 2 unspecified atom stereocenters. The molecule has 2 saturated heterocycles. The Morgan fingerprint density at radius 1 is 1.14 bits per heavy atom. The van der Waals surface area contributed by atoms with Gasteiger partial charge >= 0.3 is 0 Å². The monoisotopic (exact) mass is 400 g/mol. The molecule has 0 amide bonds. The lowest BCUT2D eigenvalue weighted by Gasteiger charge is -2.41. The maximum absolute atomic E-state index is 5.80. The number of benzene rings is 1. The topological polar surface area (TPSA) is 68.5 Å². The van der Waals surface area contributed by atoms with E-state index in [1.54, 1.807) is 7.11 Å². The standard InChI is InChI=1S/C21H32N6O2/c1-16(2)20(21-22-23-24-27(21)15-19-5-4-14-29-19)26-12-10-25(11-13-26)17-6-8-18(28-3)9-7-17/h6-9,16,19-20H,4-5,10-15H2,1-3H3. The number of ether oxygens (including phenoxy) is 2. The fourth-order valence-electron chi connectivity index (χ4n) is 4.47. The highest BCUT2D eigenvalue weighted by molar-refractivity contribution is 5.49. The highest BCUT2D eigenvalue weighted by Gasteiger charge is 2.32. The summed E-state index contributed by atoms with van der Waals surface area (Å²) < 4.78 is 13.0. The van der Waals surface area contributed by atoms with Crippen LogP contribution in [0.1, 0.15) is 38.6 Å². The smallest absolute Gasteiger partial charge is 0.168 e. The van der Waals surface area contributed by atoms with E-state index in [1.807, 2.05) is 16.8 Å². The Labute approximate surface area is 172 Å². The van der Waals surface area contributed by atoms with E-state index in [-0.39, 0.29) is 12.1 Å². The van der Waals surface area contributed by atoms with Crippen LogP contribution < -0.4 is 9.64 Å². The molecule has 0 N–H and O–H groups in total. The van der Waals surface area contributed by atoms with Crippen molar-refractivity contribution in [2.75, 3.05) is 44.8 Å². The molecule has 8 heteroatoms. The Morgan fingerprint density at radius 3 is 2.52 bits per heavy atom. The predicted octanol–water partition coefficient (Wildman–Crippen LogP) is 2.38. The molecule has 0 bridgehead atoms. The van der Waals surface area contributed by atoms with Gasteiger partial charge in [0.2, 0.25) is 0 Å². The fourth-order valence-corrected chi connectivity index (χ4v) is 4.47. The molecule has 1 aromatic heterocycles. The van der Waals surface area contributed by atoms with Crippen LogP contribution in [0.3, 0.4) is 0 Å². The third-order valence-corrected chi connectivity index (χ3v) is 6.00. The van der Waals surface area contributed by atoms with Crippen LogP contribution in [-0.2, 0) is 11.3 Å². The van der Waals surface area contributed by atoms with Crippen molar-refractivity contribution in [2.45, 2.75) is 45.4 Å². The van der Waals surface area contributed by atoms with Gasteiger partial charge in [-0.3, -0.25) is 4.90 Å². The lowest BCUT2D eigenvalue weighted by Crippen LogP contribution is -2.49. The molecule has 2 fully saturated rings. The van der Waals surface area contributed by atoms with Crippen molar-refractivity contribution in [2.24, 2.45) is 5.92 Å². The van der Waals surface area contributed by atoms with Crippen molar-refractivity contribution in [3.05, 3.63) is 30.1 Å². The molecular weight excluding hydrogens is 368 g/mol. The van der Waals surface area contributed by atoms with Crippen LogP contribution in [-0.4, -0.2) is 71.1 Å². The van der Waals surface area contributed by atoms with Gasteiger partial charge in [-0.2, -0.15) is 0 Å². The van der Waals surface area contributed by atoms with E-state index in [1.165, 1.54) is 5.69 Å². The Bertz CT molecular complexity index is 764. The molecule has 8 nitrogen and oxygen atoms in total. The molecule has 2 aliphatic rings. The molecular formula is C21H32N6O2. The van der Waals surface area contributed by atoms with Crippen molar-refractivity contribution in [1.29, 1.82) is 0 Å². The molecule has 4 rings (SSSR count). The zero-order valence-electron chi connectivity index (χ0n) is 17.7. The molecule has 0 saturated carbocycles. The van der Waals surface area contributed by atoms with Crippen LogP contribution in [0.2, 0.25) is 0 Å². The second kappa shape index (κ2) is 9.09. The summed E-state index contributed by atoms with van der Waals surface area (Å²) in [5.74, 6) is 2.29. The van der Waals surface area contributed by atoms with Crippen LogP contribution in [0.5, 0.6) is 5.75 Å². The summed E-state index contributed by atoms with van der Waals surface area (Å²) in [4.78, 5) is 4.96.